The molecule has 2 fully saturated rings. The highest BCUT2D eigenvalue weighted by Crippen LogP contribution is 2.38. The normalized spacial score (nSPS) is 18.1. The van der Waals surface area contributed by atoms with Crippen molar-refractivity contribution < 1.29 is 9.18 Å². The lowest BCUT2D eigenvalue weighted by Gasteiger charge is -2.31. The number of amides is 2. The minimum absolute atomic E-state index is 0.0192. The van der Waals surface area contributed by atoms with E-state index < -0.39 is 0 Å². The zero-order chi connectivity index (χ0) is 17.9. The number of nitrogens with one attached hydrogen (secondary N) is 1. The van der Waals surface area contributed by atoms with Crippen LogP contribution in [0.2, 0.25) is 0 Å². The van der Waals surface area contributed by atoms with Crippen LogP contribution in [0.1, 0.15) is 49.0 Å². The minimum Gasteiger partial charge on any atom is -0.338 e. The highest BCUT2D eigenvalue weighted by Gasteiger charge is 2.31. The Morgan fingerprint density at radius 3 is 2.58 bits per heavy atom. The standard InChI is InChI=1S/C19H24FN5O/c20-16-3-1-14(2-4-16)7-10-21-19(26)24-11-8-15(9-12-24)18-23-22-13-25(18)17-5-6-17/h1-4,13,15,17H,5-12H2,(H,21,26). The van der Waals surface area contributed by atoms with Gasteiger partial charge in [-0.05, 0) is 49.8 Å². The number of hydrogen-bond acceptors (Lipinski definition) is 3. The summed E-state index contributed by atoms with van der Waals surface area (Å²) in [7, 11) is 0. The van der Waals surface area contributed by atoms with E-state index in [4.69, 9.17) is 0 Å². The smallest absolute Gasteiger partial charge is 0.317 e. The SMILES string of the molecule is O=C(NCCc1ccc(F)cc1)N1CCC(c2nncn2C2CC2)CC1. The van der Waals surface area contributed by atoms with Crippen LogP contribution in [0.3, 0.4) is 0 Å². The van der Waals surface area contributed by atoms with Crippen LogP contribution in [0.5, 0.6) is 0 Å². The summed E-state index contributed by atoms with van der Waals surface area (Å²) in [6.45, 7) is 2.04. The molecule has 1 N–H and O–H groups in total. The van der Waals surface area contributed by atoms with Crippen LogP contribution < -0.4 is 5.32 Å². The lowest BCUT2D eigenvalue weighted by Crippen LogP contribution is -2.44. The van der Waals surface area contributed by atoms with Gasteiger partial charge in [-0.25, -0.2) is 9.18 Å². The average molecular weight is 357 g/mol. The van der Waals surface area contributed by atoms with Crippen LogP contribution >= 0.6 is 0 Å². The third kappa shape index (κ3) is 3.86. The fraction of sp³-hybridized carbons (Fsp3) is 0.526. The Bertz CT molecular complexity index is 748. The number of carbonyl (C=O) groups excluding carboxylic acids is 1. The highest BCUT2D eigenvalue weighted by molar-refractivity contribution is 5.74. The van der Waals surface area contributed by atoms with Crippen molar-refractivity contribution in [2.75, 3.05) is 19.6 Å². The van der Waals surface area contributed by atoms with Gasteiger partial charge in [0.05, 0.1) is 0 Å². The number of benzene rings is 1. The number of aromatic nitrogens is 3. The van der Waals surface area contributed by atoms with Crippen molar-refractivity contribution in [2.45, 2.75) is 44.1 Å². The molecule has 4 rings (SSSR count). The van der Waals surface area contributed by atoms with Crippen molar-refractivity contribution in [1.82, 2.24) is 25.0 Å². The molecule has 0 bridgehead atoms. The molecule has 0 atom stereocenters. The minimum atomic E-state index is -0.238. The second-order valence-corrected chi connectivity index (χ2v) is 7.20. The zero-order valence-electron chi connectivity index (χ0n) is 14.8. The quantitative estimate of drug-likeness (QED) is 0.895. The second-order valence-electron chi connectivity index (χ2n) is 7.20. The highest BCUT2D eigenvalue weighted by atomic mass is 19.1. The molecule has 1 aromatic heterocycles. The number of urea groups is 1. The van der Waals surface area contributed by atoms with E-state index in [1.807, 2.05) is 11.2 Å². The van der Waals surface area contributed by atoms with Gasteiger partial charge in [-0.15, -0.1) is 10.2 Å². The number of piperidine rings is 1. The molecule has 7 heteroatoms. The number of hydrogen-bond donors (Lipinski definition) is 1. The summed E-state index contributed by atoms with van der Waals surface area (Å²) in [5.74, 6) is 1.24. The molecule has 0 unspecified atom stereocenters. The number of nitrogens with zero attached hydrogens (tertiary/aromatic N) is 4. The van der Waals surface area contributed by atoms with Crippen molar-refractivity contribution >= 4 is 6.03 Å². The molecule has 0 radical (unpaired) electrons. The molecule has 1 aromatic carbocycles. The molecule has 1 saturated carbocycles. The van der Waals surface area contributed by atoms with Crippen LogP contribution in [-0.4, -0.2) is 45.3 Å². The van der Waals surface area contributed by atoms with E-state index in [-0.39, 0.29) is 11.8 Å². The Balaban J connectivity index is 1.23. The first-order valence-electron chi connectivity index (χ1n) is 9.37. The van der Waals surface area contributed by atoms with Gasteiger partial charge in [-0.3, -0.25) is 0 Å². The van der Waals surface area contributed by atoms with Crippen molar-refractivity contribution in [2.24, 2.45) is 0 Å². The van der Waals surface area contributed by atoms with Crippen LogP contribution in [0.25, 0.3) is 0 Å². The first-order chi connectivity index (χ1) is 12.7. The fourth-order valence-corrected chi connectivity index (χ4v) is 3.60. The predicted octanol–water partition coefficient (Wildman–Crippen LogP) is 2.88. The number of likely N-dealkylation sites (tertiary alicyclic amines) is 1. The predicted molar refractivity (Wildman–Crippen MR) is 95.3 cm³/mol. The van der Waals surface area contributed by atoms with E-state index in [1.54, 1.807) is 12.1 Å². The molecular formula is C19H24FN5O. The van der Waals surface area contributed by atoms with Crippen molar-refractivity contribution in [3.8, 4) is 0 Å². The molecule has 2 heterocycles. The van der Waals surface area contributed by atoms with Gasteiger partial charge in [-0.2, -0.15) is 0 Å². The summed E-state index contributed by atoms with van der Waals surface area (Å²) in [4.78, 5) is 14.2. The van der Waals surface area contributed by atoms with E-state index in [9.17, 15) is 9.18 Å². The first-order valence-corrected chi connectivity index (χ1v) is 9.37. The monoisotopic (exact) mass is 357 g/mol. The molecule has 26 heavy (non-hydrogen) atoms. The van der Waals surface area contributed by atoms with Gasteiger partial charge in [0.15, 0.2) is 0 Å². The van der Waals surface area contributed by atoms with Crippen molar-refractivity contribution in [1.29, 1.82) is 0 Å². The molecule has 2 amide bonds. The van der Waals surface area contributed by atoms with Gasteiger partial charge in [0.1, 0.15) is 18.0 Å². The third-order valence-corrected chi connectivity index (χ3v) is 5.29. The lowest BCUT2D eigenvalue weighted by molar-refractivity contribution is 0.180. The van der Waals surface area contributed by atoms with Gasteiger partial charge in [0, 0.05) is 31.6 Å². The molecular weight excluding hydrogens is 333 g/mol. The maximum atomic E-state index is 12.9. The Morgan fingerprint density at radius 2 is 1.88 bits per heavy atom. The van der Waals surface area contributed by atoms with E-state index in [1.165, 1.54) is 25.0 Å². The Labute approximate surface area is 152 Å². The molecule has 1 aliphatic carbocycles. The summed E-state index contributed by atoms with van der Waals surface area (Å²) in [5.41, 5.74) is 1.02. The molecule has 138 valence electrons. The largest absolute Gasteiger partial charge is 0.338 e. The van der Waals surface area contributed by atoms with Gasteiger partial charge in [0.25, 0.3) is 0 Å². The van der Waals surface area contributed by atoms with Crippen molar-refractivity contribution in [3.05, 3.63) is 47.8 Å². The van der Waals surface area contributed by atoms with Crippen LogP contribution in [0, 0.1) is 5.82 Å². The molecule has 6 nitrogen and oxygen atoms in total. The van der Waals surface area contributed by atoms with E-state index >= 15 is 0 Å². The molecule has 0 spiro atoms. The van der Waals surface area contributed by atoms with Gasteiger partial charge in [-0.1, -0.05) is 12.1 Å². The average Bonchev–Trinajstić information content (AvgIpc) is 3.40. The Hall–Kier alpha value is -2.44. The Kier molecular flexibility index (Phi) is 4.86. The molecule has 2 aliphatic rings. The lowest BCUT2D eigenvalue weighted by atomic mass is 9.96. The Morgan fingerprint density at radius 1 is 1.15 bits per heavy atom. The van der Waals surface area contributed by atoms with Crippen LogP contribution in [0.15, 0.2) is 30.6 Å². The summed E-state index contributed by atoms with van der Waals surface area (Å²) >= 11 is 0. The number of halogens is 1. The molecule has 1 saturated heterocycles. The number of rotatable bonds is 5. The fourth-order valence-electron chi connectivity index (χ4n) is 3.60. The molecule has 1 aliphatic heterocycles. The second kappa shape index (κ2) is 7.43. The van der Waals surface area contributed by atoms with E-state index in [0.717, 1.165) is 37.3 Å². The van der Waals surface area contributed by atoms with Crippen molar-refractivity contribution in [3.63, 3.8) is 0 Å². The van der Waals surface area contributed by atoms with E-state index in [0.29, 0.717) is 24.9 Å². The maximum absolute atomic E-state index is 12.9. The summed E-state index contributed by atoms with van der Waals surface area (Å²) < 4.78 is 15.1. The molecule has 2 aromatic rings. The van der Waals surface area contributed by atoms with Crippen LogP contribution in [-0.2, 0) is 6.42 Å². The van der Waals surface area contributed by atoms with E-state index in [2.05, 4.69) is 20.1 Å². The first kappa shape index (κ1) is 17.0. The summed E-state index contributed by atoms with van der Waals surface area (Å²) in [6, 6.07) is 6.97. The topological polar surface area (TPSA) is 63.1 Å². The summed E-state index contributed by atoms with van der Waals surface area (Å²) in [6.07, 6.45) is 6.85. The zero-order valence-corrected chi connectivity index (χ0v) is 14.8. The van der Waals surface area contributed by atoms with Gasteiger partial charge >= 0.3 is 6.03 Å². The van der Waals surface area contributed by atoms with Gasteiger partial charge < -0.3 is 14.8 Å². The number of carbonyl (C=O) groups is 1. The van der Waals surface area contributed by atoms with Gasteiger partial charge in [0.2, 0.25) is 0 Å². The third-order valence-electron chi connectivity index (χ3n) is 5.29. The summed E-state index contributed by atoms with van der Waals surface area (Å²) in [5, 5.41) is 11.4. The maximum Gasteiger partial charge on any atom is 0.317 e. The van der Waals surface area contributed by atoms with Crippen LogP contribution in [0.4, 0.5) is 9.18 Å².